The molecule has 0 radical (unpaired) electrons. The smallest absolute Gasteiger partial charge is 0.341 e. The molecule has 150 valence electrons. The predicted molar refractivity (Wildman–Crippen MR) is 119 cm³/mol. The second kappa shape index (κ2) is 9.49. The lowest BCUT2D eigenvalue weighted by Crippen LogP contribution is -2.49. The second-order valence-corrected chi connectivity index (χ2v) is 8.48. The van der Waals surface area contributed by atoms with Gasteiger partial charge < -0.3 is 15.0 Å². The number of esters is 1. The van der Waals surface area contributed by atoms with Crippen LogP contribution in [0.15, 0.2) is 30.3 Å². The first-order valence-electron chi connectivity index (χ1n) is 9.56. The molecule has 0 atom stereocenters. The van der Waals surface area contributed by atoms with Gasteiger partial charge in [0, 0.05) is 37.6 Å². The van der Waals surface area contributed by atoms with Crippen LogP contribution in [0.1, 0.15) is 33.3 Å². The fraction of sp³-hybridized carbons (Fsp3) is 0.429. The van der Waals surface area contributed by atoms with Crippen molar-refractivity contribution in [2.75, 3.05) is 38.6 Å². The van der Waals surface area contributed by atoms with Crippen LogP contribution in [0, 0.1) is 6.92 Å². The van der Waals surface area contributed by atoms with Crippen LogP contribution >= 0.6 is 23.6 Å². The fourth-order valence-electron chi connectivity index (χ4n) is 3.54. The number of benzene rings is 1. The number of rotatable bonds is 5. The monoisotopic (exact) mass is 417 g/mol. The van der Waals surface area contributed by atoms with Crippen molar-refractivity contribution in [3.8, 4) is 0 Å². The Bertz CT molecular complexity index is 828. The summed E-state index contributed by atoms with van der Waals surface area (Å²) in [6, 6.07) is 10.5. The number of aryl methyl sites for hydroxylation is 1. The summed E-state index contributed by atoms with van der Waals surface area (Å²) in [5, 5.41) is 4.78. The summed E-state index contributed by atoms with van der Waals surface area (Å²) in [5.41, 5.74) is 2.99. The predicted octanol–water partition coefficient (Wildman–Crippen LogP) is 3.92. The molecule has 1 aromatic heterocycles. The van der Waals surface area contributed by atoms with E-state index < -0.39 is 0 Å². The van der Waals surface area contributed by atoms with E-state index in [1.807, 2.05) is 13.0 Å². The maximum Gasteiger partial charge on any atom is 0.341 e. The molecule has 0 amide bonds. The Balaban J connectivity index is 1.61. The van der Waals surface area contributed by atoms with E-state index in [1.54, 1.807) is 11.3 Å². The van der Waals surface area contributed by atoms with Gasteiger partial charge in [-0.25, -0.2) is 4.79 Å². The van der Waals surface area contributed by atoms with Crippen molar-refractivity contribution in [1.29, 1.82) is 0 Å². The number of thiocarbonyl (C=S) groups is 1. The van der Waals surface area contributed by atoms with Gasteiger partial charge in [-0.1, -0.05) is 37.3 Å². The standard InChI is InChI=1S/C21H27N3O2S2/c1-4-17-15(2)28-19(18(17)20(25)26-3)22-21(27)24-12-10-23(11-13-24)14-16-8-6-5-7-9-16/h5-9H,4,10-14H2,1-3H3,(H,22,27). The first-order chi connectivity index (χ1) is 13.5. The minimum absolute atomic E-state index is 0.306. The number of hydrogen-bond donors (Lipinski definition) is 1. The molecular formula is C21H27N3O2S2. The van der Waals surface area contributed by atoms with Crippen molar-refractivity contribution < 1.29 is 9.53 Å². The number of nitrogens with zero attached hydrogens (tertiary/aromatic N) is 2. The van der Waals surface area contributed by atoms with E-state index in [1.165, 1.54) is 12.7 Å². The van der Waals surface area contributed by atoms with Gasteiger partial charge in [0.15, 0.2) is 5.11 Å². The van der Waals surface area contributed by atoms with Crippen LogP contribution in [0.4, 0.5) is 5.00 Å². The number of piperazine rings is 1. The average Bonchev–Trinajstić information content (AvgIpc) is 3.03. The first-order valence-corrected chi connectivity index (χ1v) is 10.8. The van der Waals surface area contributed by atoms with Crippen molar-refractivity contribution in [2.24, 2.45) is 0 Å². The molecule has 1 aliphatic heterocycles. The summed E-state index contributed by atoms with van der Waals surface area (Å²) < 4.78 is 4.99. The molecule has 0 unspecified atom stereocenters. The third kappa shape index (κ3) is 4.71. The van der Waals surface area contributed by atoms with E-state index in [9.17, 15) is 4.79 Å². The number of ether oxygens (including phenoxy) is 1. The third-order valence-corrected chi connectivity index (χ3v) is 6.50. The second-order valence-electron chi connectivity index (χ2n) is 6.87. The van der Waals surface area contributed by atoms with E-state index in [4.69, 9.17) is 17.0 Å². The summed E-state index contributed by atoms with van der Waals surface area (Å²) in [7, 11) is 1.42. The average molecular weight is 418 g/mol. The number of methoxy groups -OCH3 is 1. The Morgan fingerprint density at radius 1 is 1.21 bits per heavy atom. The fourth-order valence-corrected chi connectivity index (χ4v) is 5.02. The summed E-state index contributed by atoms with van der Waals surface area (Å²) in [5.74, 6) is -0.306. The number of carbonyl (C=O) groups excluding carboxylic acids is 1. The lowest BCUT2D eigenvalue weighted by atomic mass is 10.1. The van der Waals surface area contributed by atoms with Gasteiger partial charge in [-0.15, -0.1) is 11.3 Å². The van der Waals surface area contributed by atoms with E-state index in [-0.39, 0.29) is 5.97 Å². The molecule has 0 saturated carbocycles. The molecule has 7 heteroatoms. The summed E-state index contributed by atoms with van der Waals surface area (Å²) in [4.78, 5) is 18.0. The molecule has 2 aromatic rings. The number of nitrogens with one attached hydrogen (secondary N) is 1. The summed E-state index contributed by atoms with van der Waals surface area (Å²) in [6.45, 7) is 8.72. The number of thiophene rings is 1. The Kier molecular flexibility index (Phi) is 7.04. The van der Waals surface area contributed by atoms with Gasteiger partial charge in [-0.3, -0.25) is 4.90 Å². The van der Waals surface area contributed by atoms with Crippen LogP contribution < -0.4 is 5.32 Å². The van der Waals surface area contributed by atoms with Gasteiger partial charge in [0.05, 0.1) is 12.7 Å². The molecule has 1 aromatic carbocycles. The van der Waals surface area contributed by atoms with Crippen molar-refractivity contribution in [1.82, 2.24) is 9.80 Å². The Hall–Kier alpha value is -1.96. The van der Waals surface area contributed by atoms with Crippen LogP contribution in [0.5, 0.6) is 0 Å². The van der Waals surface area contributed by atoms with Crippen LogP contribution in [-0.4, -0.2) is 54.2 Å². The zero-order chi connectivity index (χ0) is 20.1. The topological polar surface area (TPSA) is 44.8 Å². The third-order valence-electron chi connectivity index (χ3n) is 5.08. The lowest BCUT2D eigenvalue weighted by molar-refractivity contribution is 0.0601. The first kappa shape index (κ1) is 20.8. The van der Waals surface area contributed by atoms with Crippen molar-refractivity contribution in [3.05, 3.63) is 51.9 Å². The van der Waals surface area contributed by atoms with E-state index in [0.29, 0.717) is 10.7 Å². The van der Waals surface area contributed by atoms with Gasteiger partial charge in [0.1, 0.15) is 5.00 Å². The van der Waals surface area contributed by atoms with Crippen LogP contribution in [0.2, 0.25) is 0 Å². The zero-order valence-corrected chi connectivity index (χ0v) is 18.3. The minimum atomic E-state index is -0.306. The van der Waals surface area contributed by atoms with Crippen LogP contribution in [0.3, 0.4) is 0 Å². The molecule has 0 spiro atoms. The molecule has 2 heterocycles. The van der Waals surface area contributed by atoms with Gasteiger partial charge >= 0.3 is 5.97 Å². The lowest BCUT2D eigenvalue weighted by Gasteiger charge is -2.36. The van der Waals surface area contributed by atoms with Gasteiger partial charge in [-0.05, 0) is 36.7 Å². The summed E-state index contributed by atoms with van der Waals surface area (Å²) in [6.07, 6.45) is 0.791. The Labute approximate surface area is 176 Å². The highest BCUT2D eigenvalue weighted by Gasteiger charge is 2.24. The number of anilines is 1. The molecule has 28 heavy (non-hydrogen) atoms. The molecule has 1 saturated heterocycles. The highest BCUT2D eigenvalue weighted by Crippen LogP contribution is 2.34. The van der Waals surface area contributed by atoms with Gasteiger partial charge in [0.2, 0.25) is 0 Å². The zero-order valence-electron chi connectivity index (χ0n) is 16.7. The van der Waals surface area contributed by atoms with Crippen molar-refractivity contribution in [3.63, 3.8) is 0 Å². The molecule has 5 nitrogen and oxygen atoms in total. The summed E-state index contributed by atoms with van der Waals surface area (Å²) >= 11 is 7.21. The molecule has 1 fully saturated rings. The molecule has 1 aliphatic rings. The SMILES string of the molecule is CCc1c(C)sc(NC(=S)N2CCN(Cc3ccccc3)CC2)c1C(=O)OC. The molecule has 1 N–H and O–H groups in total. The Morgan fingerprint density at radius 3 is 2.50 bits per heavy atom. The van der Waals surface area contributed by atoms with Gasteiger partial charge in [0.25, 0.3) is 0 Å². The number of carbonyl (C=O) groups is 1. The maximum absolute atomic E-state index is 12.3. The minimum Gasteiger partial charge on any atom is -0.465 e. The molecular weight excluding hydrogens is 390 g/mol. The molecule has 0 aliphatic carbocycles. The van der Waals surface area contributed by atoms with Crippen LogP contribution in [-0.2, 0) is 17.7 Å². The largest absolute Gasteiger partial charge is 0.465 e. The number of hydrogen-bond acceptors (Lipinski definition) is 5. The highest BCUT2D eigenvalue weighted by atomic mass is 32.1. The molecule has 0 bridgehead atoms. The van der Waals surface area contributed by atoms with Gasteiger partial charge in [-0.2, -0.15) is 0 Å². The van der Waals surface area contributed by atoms with E-state index >= 15 is 0 Å². The van der Waals surface area contributed by atoms with E-state index in [0.717, 1.165) is 54.6 Å². The Morgan fingerprint density at radius 2 is 1.89 bits per heavy atom. The van der Waals surface area contributed by atoms with Crippen LogP contribution in [0.25, 0.3) is 0 Å². The maximum atomic E-state index is 12.3. The quantitative estimate of drug-likeness (QED) is 0.588. The van der Waals surface area contributed by atoms with Crippen molar-refractivity contribution in [2.45, 2.75) is 26.8 Å². The van der Waals surface area contributed by atoms with E-state index in [2.05, 4.69) is 46.3 Å². The normalized spacial score (nSPS) is 14.8. The highest BCUT2D eigenvalue weighted by molar-refractivity contribution is 7.80. The van der Waals surface area contributed by atoms with Crippen molar-refractivity contribution >= 4 is 39.6 Å². The molecule has 3 rings (SSSR count).